The van der Waals surface area contributed by atoms with Crippen LogP contribution in [0.1, 0.15) is 12.8 Å². The quantitative estimate of drug-likeness (QED) is 0.446. The first-order chi connectivity index (χ1) is 6.11. The van der Waals surface area contributed by atoms with Crippen LogP contribution in [0.5, 0.6) is 0 Å². The molecular weight excluding hydrogens is 170 g/mol. The third-order valence-electron chi connectivity index (χ3n) is 2.16. The molecule has 0 saturated heterocycles. The zero-order valence-electron chi connectivity index (χ0n) is 6.73. The standard InChI is InChI=1S/C8H7N3O2/c9-3-1-2-4(10)6-5(3)7(12)11-8(6)13/h9-10H,1-2H2,(H,11,12,13). The maximum absolute atomic E-state index is 11.1. The molecule has 0 bridgehead atoms. The van der Waals surface area contributed by atoms with Gasteiger partial charge in [-0.3, -0.25) is 14.9 Å². The molecular formula is C8H7N3O2. The van der Waals surface area contributed by atoms with Crippen LogP contribution in [0.4, 0.5) is 0 Å². The summed E-state index contributed by atoms with van der Waals surface area (Å²) < 4.78 is 0. The first-order valence-corrected chi connectivity index (χ1v) is 3.87. The molecule has 0 saturated carbocycles. The van der Waals surface area contributed by atoms with Crippen molar-refractivity contribution in [3.63, 3.8) is 0 Å². The summed E-state index contributed by atoms with van der Waals surface area (Å²) in [4.78, 5) is 22.3. The van der Waals surface area contributed by atoms with Gasteiger partial charge >= 0.3 is 0 Å². The third kappa shape index (κ3) is 0.932. The van der Waals surface area contributed by atoms with E-state index in [2.05, 4.69) is 5.32 Å². The van der Waals surface area contributed by atoms with Gasteiger partial charge < -0.3 is 10.8 Å². The molecule has 1 aliphatic carbocycles. The molecule has 2 aliphatic rings. The van der Waals surface area contributed by atoms with E-state index >= 15 is 0 Å². The molecule has 13 heavy (non-hydrogen) atoms. The summed E-state index contributed by atoms with van der Waals surface area (Å²) in [5.41, 5.74) is 0.520. The van der Waals surface area contributed by atoms with Crippen molar-refractivity contribution < 1.29 is 9.59 Å². The lowest BCUT2D eigenvalue weighted by Crippen LogP contribution is -2.24. The van der Waals surface area contributed by atoms with E-state index in [-0.39, 0.29) is 22.6 Å². The summed E-state index contributed by atoms with van der Waals surface area (Å²) in [5.74, 6) is -1.07. The lowest BCUT2D eigenvalue weighted by molar-refractivity contribution is -0.123. The minimum atomic E-state index is -0.533. The zero-order chi connectivity index (χ0) is 9.59. The minimum absolute atomic E-state index is 0.0984. The Morgan fingerprint density at radius 3 is 1.69 bits per heavy atom. The molecule has 3 N–H and O–H groups in total. The van der Waals surface area contributed by atoms with Gasteiger partial charge in [0.2, 0.25) is 0 Å². The Balaban J connectivity index is 2.62. The van der Waals surface area contributed by atoms with E-state index < -0.39 is 11.8 Å². The topological polar surface area (TPSA) is 93.9 Å². The van der Waals surface area contributed by atoms with Gasteiger partial charge in [-0.05, 0) is 12.8 Å². The molecule has 0 atom stereocenters. The summed E-state index contributed by atoms with van der Waals surface area (Å²) in [6.45, 7) is 0. The summed E-state index contributed by atoms with van der Waals surface area (Å²) in [6.07, 6.45) is 0.747. The van der Waals surface area contributed by atoms with Crippen LogP contribution in [-0.4, -0.2) is 23.2 Å². The van der Waals surface area contributed by atoms with Crippen LogP contribution in [-0.2, 0) is 9.59 Å². The van der Waals surface area contributed by atoms with Crippen LogP contribution in [0.25, 0.3) is 0 Å². The molecule has 2 rings (SSSR count). The molecule has 0 spiro atoms. The van der Waals surface area contributed by atoms with E-state index in [0.29, 0.717) is 12.8 Å². The molecule has 0 unspecified atom stereocenters. The molecule has 1 heterocycles. The molecule has 66 valence electrons. The molecule has 5 heteroatoms. The fourth-order valence-electron chi connectivity index (χ4n) is 1.53. The average Bonchev–Trinajstić information content (AvgIpc) is 2.36. The number of imide groups is 1. The molecule has 0 radical (unpaired) electrons. The van der Waals surface area contributed by atoms with Crippen LogP contribution >= 0.6 is 0 Å². The van der Waals surface area contributed by atoms with Crippen molar-refractivity contribution in [2.24, 2.45) is 0 Å². The summed E-state index contributed by atoms with van der Waals surface area (Å²) in [6, 6.07) is 0. The van der Waals surface area contributed by atoms with Crippen LogP contribution in [0.15, 0.2) is 11.1 Å². The van der Waals surface area contributed by atoms with Gasteiger partial charge in [0.1, 0.15) is 0 Å². The van der Waals surface area contributed by atoms with E-state index in [9.17, 15) is 9.59 Å². The van der Waals surface area contributed by atoms with Gasteiger partial charge in [0.15, 0.2) is 0 Å². The lowest BCUT2D eigenvalue weighted by atomic mass is 9.90. The van der Waals surface area contributed by atoms with Crippen molar-refractivity contribution in [3.05, 3.63) is 11.1 Å². The van der Waals surface area contributed by atoms with Crippen LogP contribution in [0.2, 0.25) is 0 Å². The number of hydrogen-bond donors (Lipinski definition) is 3. The van der Waals surface area contributed by atoms with Crippen molar-refractivity contribution in [1.82, 2.24) is 5.32 Å². The zero-order valence-corrected chi connectivity index (χ0v) is 6.73. The highest BCUT2D eigenvalue weighted by molar-refractivity contribution is 6.42. The molecule has 0 aromatic carbocycles. The van der Waals surface area contributed by atoms with E-state index in [1.165, 1.54) is 0 Å². The van der Waals surface area contributed by atoms with E-state index in [4.69, 9.17) is 10.8 Å². The summed E-state index contributed by atoms with van der Waals surface area (Å²) >= 11 is 0. The SMILES string of the molecule is N=C1CCC(=N)C2=C1C(=O)NC2=O. The number of carbonyl (C=O) groups is 2. The number of rotatable bonds is 0. The Hall–Kier alpha value is -1.78. The van der Waals surface area contributed by atoms with Gasteiger partial charge in [-0.15, -0.1) is 0 Å². The van der Waals surface area contributed by atoms with Crippen molar-refractivity contribution in [2.45, 2.75) is 12.8 Å². The summed E-state index contributed by atoms with van der Waals surface area (Å²) in [7, 11) is 0. The Labute approximate surface area is 73.8 Å². The number of amides is 2. The van der Waals surface area contributed by atoms with Gasteiger partial charge in [0, 0.05) is 11.4 Å². The molecule has 0 fully saturated rings. The highest BCUT2D eigenvalue weighted by Crippen LogP contribution is 2.23. The predicted molar refractivity (Wildman–Crippen MR) is 44.9 cm³/mol. The van der Waals surface area contributed by atoms with Crippen molar-refractivity contribution in [1.29, 1.82) is 10.8 Å². The normalized spacial score (nSPS) is 22.2. The van der Waals surface area contributed by atoms with E-state index in [1.807, 2.05) is 0 Å². The Morgan fingerprint density at radius 2 is 1.31 bits per heavy atom. The smallest absolute Gasteiger partial charge is 0.260 e. The highest BCUT2D eigenvalue weighted by Gasteiger charge is 2.37. The fourth-order valence-corrected chi connectivity index (χ4v) is 1.53. The van der Waals surface area contributed by atoms with Gasteiger partial charge in [0.25, 0.3) is 11.8 Å². The monoisotopic (exact) mass is 177 g/mol. The Morgan fingerprint density at radius 1 is 0.923 bits per heavy atom. The van der Waals surface area contributed by atoms with E-state index in [0.717, 1.165) is 0 Å². The molecule has 5 nitrogen and oxygen atoms in total. The van der Waals surface area contributed by atoms with Crippen molar-refractivity contribution in [3.8, 4) is 0 Å². The number of hydrogen-bond acceptors (Lipinski definition) is 4. The second-order valence-corrected chi connectivity index (χ2v) is 2.99. The number of carbonyl (C=O) groups excluding carboxylic acids is 2. The molecule has 0 aromatic heterocycles. The number of nitrogens with one attached hydrogen (secondary N) is 3. The maximum atomic E-state index is 11.1. The molecule has 1 aliphatic heterocycles. The largest absolute Gasteiger partial charge is 0.304 e. The first-order valence-electron chi connectivity index (χ1n) is 3.87. The molecule has 0 aromatic rings. The summed E-state index contributed by atoms with van der Waals surface area (Å²) in [5, 5.41) is 17.0. The fraction of sp³-hybridized carbons (Fsp3) is 0.250. The third-order valence-corrected chi connectivity index (χ3v) is 2.16. The Bertz CT molecular complexity index is 356. The second-order valence-electron chi connectivity index (χ2n) is 2.99. The van der Waals surface area contributed by atoms with Gasteiger partial charge in [0.05, 0.1) is 11.1 Å². The van der Waals surface area contributed by atoms with Crippen molar-refractivity contribution >= 4 is 23.2 Å². The molecule has 2 amide bonds. The second kappa shape index (κ2) is 2.35. The van der Waals surface area contributed by atoms with Crippen LogP contribution in [0, 0.1) is 10.8 Å². The predicted octanol–water partition coefficient (Wildman–Crippen LogP) is -0.227. The van der Waals surface area contributed by atoms with Gasteiger partial charge in [-0.1, -0.05) is 0 Å². The van der Waals surface area contributed by atoms with Gasteiger partial charge in [-0.2, -0.15) is 0 Å². The minimum Gasteiger partial charge on any atom is -0.304 e. The van der Waals surface area contributed by atoms with E-state index in [1.54, 1.807) is 0 Å². The first kappa shape index (κ1) is 7.85. The Kier molecular flexibility index (Phi) is 1.42. The van der Waals surface area contributed by atoms with Crippen LogP contribution in [0.3, 0.4) is 0 Å². The van der Waals surface area contributed by atoms with Gasteiger partial charge in [-0.25, -0.2) is 0 Å². The average molecular weight is 177 g/mol. The lowest BCUT2D eigenvalue weighted by Gasteiger charge is -2.12. The highest BCUT2D eigenvalue weighted by atomic mass is 16.2. The van der Waals surface area contributed by atoms with Crippen LogP contribution < -0.4 is 5.32 Å². The maximum Gasteiger partial charge on any atom is 0.260 e. The van der Waals surface area contributed by atoms with Crippen molar-refractivity contribution in [2.75, 3.05) is 0 Å².